The Bertz CT molecular complexity index is 383. The molecular weight excluding hydrogens is 214 g/mol. The minimum absolute atomic E-state index is 0.0147. The Morgan fingerprint density at radius 1 is 1.67 bits per heavy atom. The topological polar surface area (TPSA) is 77.1 Å². The van der Waals surface area contributed by atoms with Crippen molar-refractivity contribution < 1.29 is 4.79 Å². The molecule has 0 unspecified atom stereocenters. The number of aryl methyl sites for hydroxylation is 1. The third-order valence-corrected chi connectivity index (χ3v) is 2.89. The van der Waals surface area contributed by atoms with Gasteiger partial charge in [0.05, 0.1) is 0 Å². The maximum Gasteiger partial charge on any atom is 0.307 e. The SMILES string of the molecule is Cc1csc(=O)n1CCC(=O)NCCN. The fourth-order valence-corrected chi connectivity index (χ4v) is 1.95. The van der Waals surface area contributed by atoms with Crippen LogP contribution in [0.4, 0.5) is 0 Å². The average molecular weight is 229 g/mol. The molecule has 0 saturated heterocycles. The van der Waals surface area contributed by atoms with E-state index < -0.39 is 0 Å². The van der Waals surface area contributed by atoms with Gasteiger partial charge in [-0.15, -0.1) is 0 Å². The van der Waals surface area contributed by atoms with Crippen LogP contribution in [0.1, 0.15) is 12.1 Å². The predicted molar refractivity (Wildman–Crippen MR) is 60.0 cm³/mol. The quantitative estimate of drug-likeness (QED) is 0.726. The molecule has 0 aliphatic rings. The van der Waals surface area contributed by atoms with Crippen molar-refractivity contribution in [2.75, 3.05) is 13.1 Å². The minimum atomic E-state index is -0.0713. The van der Waals surface area contributed by atoms with Gasteiger partial charge in [0.25, 0.3) is 0 Å². The van der Waals surface area contributed by atoms with Gasteiger partial charge in [0.1, 0.15) is 0 Å². The summed E-state index contributed by atoms with van der Waals surface area (Å²) in [7, 11) is 0. The van der Waals surface area contributed by atoms with Crippen LogP contribution >= 0.6 is 11.3 Å². The molecule has 0 aliphatic carbocycles. The van der Waals surface area contributed by atoms with Gasteiger partial charge < -0.3 is 15.6 Å². The lowest BCUT2D eigenvalue weighted by atomic mass is 10.3. The molecule has 0 bridgehead atoms. The van der Waals surface area contributed by atoms with Crippen LogP contribution in [-0.4, -0.2) is 23.6 Å². The molecule has 1 aromatic rings. The van der Waals surface area contributed by atoms with Gasteiger partial charge in [-0.05, 0) is 6.92 Å². The van der Waals surface area contributed by atoms with Crippen molar-refractivity contribution in [1.29, 1.82) is 0 Å². The van der Waals surface area contributed by atoms with Crippen LogP contribution in [0.15, 0.2) is 10.2 Å². The Kier molecular flexibility index (Phi) is 4.51. The zero-order valence-corrected chi connectivity index (χ0v) is 9.47. The highest BCUT2D eigenvalue weighted by Crippen LogP contribution is 2.00. The first-order chi connectivity index (χ1) is 7.15. The van der Waals surface area contributed by atoms with Crippen LogP contribution in [0.3, 0.4) is 0 Å². The van der Waals surface area contributed by atoms with Crippen molar-refractivity contribution in [3.63, 3.8) is 0 Å². The second-order valence-corrected chi connectivity index (χ2v) is 4.00. The summed E-state index contributed by atoms with van der Waals surface area (Å²) in [6, 6.07) is 0. The second-order valence-electron chi connectivity index (χ2n) is 3.18. The third kappa shape index (κ3) is 3.49. The van der Waals surface area contributed by atoms with Crippen molar-refractivity contribution in [2.24, 2.45) is 5.73 Å². The summed E-state index contributed by atoms with van der Waals surface area (Å²) >= 11 is 1.16. The van der Waals surface area contributed by atoms with E-state index in [1.54, 1.807) is 9.95 Å². The zero-order valence-electron chi connectivity index (χ0n) is 8.66. The number of hydrogen-bond donors (Lipinski definition) is 2. The van der Waals surface area contributed by atoms with Gasteiger partial charge in [0, 0.05) is 37.1 Å². The molecule has 0 radical (unpaired) electrons. The Hall–Kier alpha value is -1.14. The number of amides is 1. The van der Waals surface area contributed by atoms with E-state index in [4.69, 9.17) is 5.73 Å². The van der Waals surface area contributed by atoms with E-state index in [2.05, 4.69) is 5.32 Å². The van der Waals surface area contributed by atoms with E-state index in [1.807, 2.05) is 6.92 Å². The van der Waals surface area contributed by atoms with Gasteiger partial charge in [-0.25, -0.2) is 0 Å². The van der Waals surface area contributed by atoms with Crippen LogP contribution in [-0.2, 0) is 11.3 Å². The summed E-state index contributed by atoms with van der Waals surface area (Å²) in [4.78, 5) is 22.5. The number of carbonyl (C=O) groups is 1. The Labute approximate surface area is 91.9 Å². The standard InChI is InChI=1S/C9H15N3O2S/c1-7-6-15-9(14)12(7)5-2-8(13)11-4-3-10/h6H,2-5,10H2,1H3,(H,11,13). The van der Waals surface area contributed by atoms with Gasteiger partial charge in [0.15, 0.2) is 0 Å². The first-order valence-electron chi connectivity index (χ1n) is 4.77. The number of thiazole rings is 1. The van der Waals surface area contributed by atoms with Crippen molar-refractivity contribution in [3.8, 4) is 0 Å². The first-order valence-corrected chi connectivity index (χ1v) is 5.65. The zero-order chi connectivity index (χ0) is 11.3. The predicted octanol–water partition coefficient (Wildman–Crippen LogP) is -0.317. The molecule has 1 amide bonds. The van der Waals surface area contributed by atoms with Crippen LogP contribution < -0.4 is 15.9 Å². The van der Waals surface area contributed by atoms with E-state index in [-0.39, 0.29) is 10.8 Å². The minimum Gasteiger partial charge on any atom is -0.355 e. The summed E-state index contributed by atoms with van der Waals surface area (Å²) in [5, 5.41) is 4.45. The lowest BCUT2D eigenvalue weighted by molar-refractivity contribution is -0.121. The molecule has 0 aliphatic heterocycles. The highest BCUT2D eigenvalue weighted by atomic mass is 32.1. The Balaban J connectivity index is 2.44. The van der Waals surface area contributed by atoms with Crippen LogP contribution in [0.2, 0.25) is 0 Å². The molecule has 1 aromatic heterocycles. The number of nitrogens with one attached hydrogen (secondary N) is 1. The lowest BCUT2D eigenvalue weighted by Crippen LogP contribution is -2.30. The monoisotopic (exact) mass is 229 g/mol. The van der Waals surface area contributed by atoms with Gasteiger partial charge in [-0.2, -0.15) is 0 Å². The molecule has 3 N–H and O–H groups in total. The normalized spacial score (nSPS) is 10.3. The van der Waals surface area contributed by atoms with Crippen LogP contribution in [0, 0.1) is 6.92 Å². The molecule has 0 saturated carbocycles. The number of rotatable bonds is 5. The van der Waals surface area contributed by atoms with E-state index in [9.17, 15) is 9.59 Å². The number of nitrogens with two attached hydrogens (primary N) is 1. The summed E-state index contributed by atoms with van der Waals surface area (Å²) < 4.78 is 1.60. The van der Waals surface area contributed by atoms with Gasteiger partial charge >= 0.3 is 4.87 Å². The van der Waals surface area contributed by atoms with Crippen molar-refractivity contribution in [3.05, 3.63) is 20.7 Å². The van der Waals surface area contributed by atoms with Gasteiger partial charge in [-0.3, -0.25) is 9.59 Å². The fourth-order valence-electron chi connectivity index (χ4n) is 1.19. The third-order valence-electron chi connectivity index (χ3n) is 2.01. The molecule has 1 rings (SSSR count). The van der Waals surface area contributed by atoms with Crippen molar-refractivity contribution in [2.45, 2.75) is 19.9 Å². The molecule has 0 atom stereocenters. The van der Waals surface area contributed by atoms with Crippen LogP contribution in [0.25, 0.3) is 0 Å². The fraction of sp³-hybridized carbons (Fsp3) is 0.556. The summed E-state index contributed by atoms with van der Waals surface area (Å²) in [6.07, 6.45) is 0.317. The van der Waals surface area contributed by atoms with Crippen molar-refractivity contribution in [1.82, 2.24) is 9.88 Å². The first kappa shape index (κ1) is 11.9. The number of carbonyl (C=O) groups excluding carboxylic acids is 1. The number of nitrogens with zero attached hydrogens (tertiary/aromatic N) is 1. The lowest BCUT2D eigenvalue weighted by Gasteiger charge is -2.05. The molecule has 0 aromatic carbocycles. The molecule has 1 heterocycles. The van der Waals surface area contributed by atoms with E-state index in [1.165, 1.54) is 0 Å². The highest BCUT2D eigenvalue weighted by Gasteiger charge is 2.05. The Morgan fingerprint density at radius 3 is 2.93 bits per heavy atom. The molecule has 84 valence electrons. The van der Waals surface area contributed by atoms with Crippen LogP contribution in [0.5, 0.6) is 0 Å². The molecular formula is C9H15N3O2S. The molecule has 5 nitrogen and oxygen atoms in total. The molecule has 0 fully saturated rings. The number of hydrogen-bond acceptors (Lipinski definition) is 4. The summed E-state index contributed by atoms with van der Waals surface area (Å²) in [5.74, 6) is -0.0713. The molecule has 0 spiro atoms. The highest BCUT2D eigenvalue weighted by molar-refractivity contribution is 7.07. The summed E-state index contributed by atoms with van der Waals surface area (Å²) in [5.41, 5.74) is 6.15. The summed E-state index contributed by atoms with van der Waals surface area (Å²) in [6.45, 7) is 3.21. The smallest absolute Gasteiger partial charge is 0.307 e. The van der Waals surface area contributed by atoms with E-state index in [0.717, 1.165) is 17.0 Å². The van der Waals surface area contributed by atoms with E-state index in [0.29, 0.717) is 26.1 Å². The Morgan fingerprint density at radius 2 is 2.40 bits per heavy atom. The van der Waals surface area contributed by atoms with Gasteiger partial charge in [0.2, 0.25) is 5.91 Å². The maximum atomic E-state index is 11.3. The number of aromatic nitrogens is 1. The maximum absolute atomic E-state index is 11.3. The average Bonchev–Trinajstić information content (AvgIpc) is 2.53. The largest absolute Gasteiger partial charge is 0.355 e. The van der Waals surface area contributed by atoms with Gasteiger partial charge in [-0.1, -0.05) is 11.3 Å². The molecule has 6 heteroatoms. The second kappa shape index (κ2) is 5.67. The molecule has 15 heavy (non-hydrogen) atoms. The van der Waals surface area contributed by atoms with Crippen molar-refractivity contribution >= 4 is 17.2 Å². The van der Waals surface area contributed by atoms with E-state index >= 15 is 0 Å².